The number of aromatic nitrogens is 1. The summed E-state index contributed by atoms with van der Waals surface area (Å²) in [6.07, 6.45) is 8.06. The predicted octanol–water partition coefficient (Wildman–Crippen LogP) is 5.24. The fraction of sp³-hybridized carbons (Fsp3) is 0.393. The highest BCUT2D eigenvalue weighted by Crippen LogP contribution is 2.32. The maximum atomic E-state index is 13.5. The lowest BCUT2D eigenvalue weighted by Crippen LogP contribution is -2.31. The minimum Gasteiger partial charge on any atom is -0.373 e. The summed E-state index contributed by atoms with van der Waals surface area (Å²) in [5.74, 6) is -0.212. The van der Waals surface area contributed by atoms with Crippen LogP contribution in [0.4, 0.5) is 4.39 Å². The van der Waals surface area contributed by atoms with Gasteiger partial charge in [0.05, 0.1) is 12.7 Å². The molecule has 2 aliphatic rings. The van der Waals surface area contributed by atoms with Crippen molar-refractivity contribution in [3.05, 3.63) is 76.7 Å². The fourth-order valence-electron chi connectivity index (χ4n) is 5.08. The number of ether oxygens (including phenoxy) is 1. The zero-order valence-corrected chi connectivity index (χ0v) is 19.7. The molecule has 3 heterocycles. The van der Waals surface area contributed by atoms with E-state index in [1.807, 2.05) is 24.4 Å². The van der Waals surface area contributed by atoms with E-state index in [0.717, 1.165) is 61.8 Å². The highest BCUT2D eigenvalue weighted by molar-refractivity contribution is 5.94. The Bertz CT molecular complexity index is 1220. The molecule has 0 fully saturated rings. The molecule has 0 aliphatic carbocycles. The number of fused-ring (bicyclic) bond motifs is 2. The molecular weight excluding hydrogens is 429 g/mol. The SMILES string of the molecule is CCCNC(=O)c1ccc2c(c1)CCOC2CCN1CC=C(c2c[nH]c3cc(F)ccc23)CC1. The Morgan fingerprint density at radius 2 is 2.15 bits per heavy atom. The lowest BCUT2D eigenvalue weighted by molar-refractivity contribution is 0.0299. The molecule has 5 rings (SSSR count). The lowest BCUT2D eigenvalue weighted by atomic mass is 9.93. The summed E-state index contributed by atoms with van der Waals surface area (Å²) in [5, 5.41) is 4.04. The second kappa shape index (κ2) is 10.1. The first-order chi connectivity index (χ1) is 16.6. The number of amides is 1. The molecule has 0 bridgehead atoms. The van der Waals surface area contributed by atoms with E-state index in [1.54, 1.807) is 6.07 Å². The van der Waals surface area contributed by atoms with E-state index in [0.29, 0.717) is 13.2 Å². The summed E-state index contributed by atoms with van der Waals surface area (Å²) in [5.41, 5.74) is 6.54. The van der Waals surface area contributed by atoms with Crippen molar-refractivity contribution in [3.63, 3.8) is 0 Å². The first-order valence-corrected chi connectivity index (χ1v) is 12.3. The number of hydrogen-bond donors (Lipinski definition) is 2. The Balaban J connectivity index is 1.20. The number of carbonyl (C=O) groups is 1. The van der Waals surface area contributed by atoms with Gasteiger partial charge in [-0.1, -0.05) is 19.1 Å². The van der Waals surface area contributed by atoms with Crippen molar-refractivity contribution in [1.82, 2.24) is 15.2 Å². The van der Waals surface area contributed by atoms with Gasteiger partial charge in [0.25, 0.3) is 5.91 Å². The van der Waals surface area contributed by atoms with Crippen molar-refractivity contribution in [2.24, 2.45) is 0 Å². The van der Waals surface area contributed by atoms with E-state index in [4.69, 9.17) is 4.74 Å². The van der Waals surface area contributed by atoms with Crippen molar-refractivity contribution in [2.45, 2.75) is 38.7 Å². The second-order valence-corrected chi connectivity index (χ2v) is 9.24. The van der Waals surface area contributed by atoms with Crippen LogP contribution in [0.5, 0.6) is 0 Å². The fourth-order valence-corrected chi connectivity index (χ4v) is 5.08. The molecule has 1 atom stereocenters. The van der Waals surface area contributed by atoms with Gasteiger partial charge in [-0.2, -0.15) is 0 Å². The highest BCUT2D eigenvalue weighted by atomic mass is 19.1. The van der Waals surface area contributed by atoms with Crippen molar-refractivity contribution in [3.8, 4) is 0 Å². The van der Waals surface area contributed by atoms with E-state index in [2.05, 4.69) is 34.3 Å². The molecule has 1 amide bonds. The van der Waals surface area contributed by atoms with Gasteiger partial charge in [-0.25, -0.2) is 4.39 Å². The smallest absolute Gasteiger partial charge is 0.251 e. The summed E-state index contributed by atoms with van der Waals surface area (Å²) < 4.78 is 19.6. The standard InChI is InChI=1S/C28H32FN3O2/c1-2-11-30-28(33)21-3-5-23-20(16-21)10-15-34-27(23)9-14-32-12-7-19(8-13-32)25-18-31-26-17-22(29)4-6-24(25)26/h3-7,16-18,27,31H,2,8-15H2,1H3,(H,30,33). The summed E-state index contributed by atoms with van der Waals surface area (Å²) in [7, 11) is 0. The molecular formula is C28H32FN3O2. The van der Waals surface area contributed by atoms with Gasteiger partial charge in [0, 0.05) is 54.4 Å². The van der Waals surface area contributed by atoms with Gasteiger partial charge >= 0.3 is 0 Å². The molecule has 1 unspecified atom stereocenters. The van der Waals surface area contributed by atoms with Crippen molar-refractivity contribution in [1.29, 1.82) is 0 Å². The Labute approximate surface area is 200 Å². The molecule has 2 aromatic carbocycles. The molecule has 6 heteroatoms. The van der Waals surface area contributed by atoms with Crippen LogP contribution in [0, 0.1) is 5.82 Å². The van der Waals surface area contributed by atoms with Crippen LogP contribution >= 0.6 is 0 Å². The van der Waals surface area contributed by atoms with Crippen LogP contribution in [0.1, 0.15) is 59.3 Å². The Hall–Kier alpha value is -2.96. The second-order valence-electron chi connectivity index (χ2n) is 9.24. The zero-order chi connectivity index (χ0) is 23.5. The predicted molar refractivity (Wildman–Crippen MR) is 133 cm³/mol. The number of rotatable bonds is 7. The molecule has 178 valence electrons. The molecule has 3 aromatic rings. The number of nitrogens with zero attached hydrogens (tertiary/aromatic N) is 1. The van der Waals surface area contributed by atoms with Crippen LogP contribution in [-0.2, 0) is 11.2 Å². The van der Waals surface area contributed by atoms with E-state index in [9.17, 15) is 9.18 Å². The topological polar surface area (TPSA) is 57.4 Å². The van der Waals surface area contributed by atoms with Gasteiger partial charge in [0.2, 0.25) is 0 Å². The highest BCUT2D eigenvalue weighted by Gasteiger charge is 2.24. The van der Waals surface area contributed by atoms with Crippen LogP contribution in [0.2, 0.25) is 0 Å². The molecule has 0 spiro atoms. The van der Waals surface area contributed by atoms with Gasteiger partial charge in [0.15, 0.2) is 0 Å². The third-order valence-corrected chi connectivity index (χ3v) is 6.97. The Kier molecular flexibility index (Phi) is 6.79. The summed E-state index contributed by atoms with van der Waals surface area (Å²) >= 11 is 0. The number of carbonyl (C=O) groups excluding carboxylic acids is 1. The monoisotopic (exact) mass is 461 g/mol. The third-order valence-electron chi connectivity index (χ3n) is 6.97. The molecule has 34 heavy (non-hydrogen) atoms. The summed E-state index contributed by atoms with van der Waals surface area (Å²) in [6.45, 7) is 6.31. The quantitative estimate of drug-likeness (QED) is 0.506. The van der Waals surface area contributed by atoms with Gasteiger partial charge in [-0.15, -0.1) is 0 Å². The van der Waals surface area contributed by atoms with Crippen molar-refractivity contribution < 1.29 is 13.9 Å². The minimum absolute atomic E-state index is 0.00364. The molecule has 5 nitrogen and oxygen atoms in total. The average Bonchev–Trinajstić information content (AvgIpc) is 3.29. The van der Waals surface area contributed by atoms with Crippen LogP contribution in [0.25, 0.3) is 16.5 Å². The third kappa shape index (κ3) is 4.79. The van der Waals surface area contributed by atoms with E-state index >= 15 is 0 Å². The van der Waals surface area contributed by atoms with E-state index < -0.39 is 0 Å². The van der Waals surface area contributed by atoms with Gasteiger partial charge in [-0.05, 0) is 72.7 Å². The van der Waals surface area contributed by atoms with Crippen LogP contribution < -0.4 is 5.32 Å². The van der Waals surface area contributed by atoms with Crippen molar-refractivity contribution in [2.75, 3.05) is 32.8 Å². The Morgan fingerprint density at radius 3 is 2.97 bits per heavy atom. The van der Waals surface area contributed by atoms with Crippen LogP contribution in [0.15, 0.2) is 48.7 Å². The largest absolute Gasteiger partial charge is 0.373 e. The number of H-pyrrole nitrogens is 1. The lowest BCUT2D eigenvalue weighted by Gasteiger charge is -2.31. The van der Waals surface area contributed by atoms with Gasteiger partial charge in [-0.3, -0.25) is 9.69 Å². The average molecular weight is 462 g/mol. The zero-order valence-electron chi connectivity index (χ0n) is 19.7. The van der Waals surface area contributed by atoms with Gasteiger partial charge < -0.3 is 15.0 Å². The molecule has 0 saturated heterocycles. The molecule has 1 aromatic heterocycles. The number of halogens is 1. The number of hydrogen-bond acceptors (Lipinski definition) is 3. The van der Waals surface area contributed by atoms with Crippen LogP contribution in [-0.4, -0.2) is 48.6 Å². The maximum absolute atomic E-state index is 13.5. The van der Waals surface area contributed by atoms with E-state index in [1.165, 1.54) is 28.3 Å². The van der Waals surface area contributed by atoms with Crippen LogP contribution in [0.3, 0.4) is 0 Å². The minimum atomic E-state index is -0.216. The summed E-state index contributed by atoms with van der Waals surface area (Å²) in [4.78, 5) is 18.0. The summed E-state index contributed by atoms with van der Waals surface area (Å²) in [6, 6.07) is 11.0. The number of benzene rings is 2. The Morgan fingerprint density at radius 1 is 1.24 bits per heavy atom. The first kappa shape index (κ1) is 22.8. The molecule has 0 saturated carbocycles. The van der Waals surface area contributed by atoms with E-state index in [-0.39, 0.29) is 17.8 Å². The maximum Gasteiger partial charge on any atom is 0.251 e. The molecule has 2 aliphatic heterocycles. The number of aromatic amines is 1. The van der Waals surface area contributed by atoms with Crippen molar-refractivity contribution >= 4 is 22.4 Å². The number of nitrogens with one attached hydrogen (secondary N) is 2. The normalized spacial score (nSPS) is 18.5. The molecule has 0 radical (unpaired) electrons. The van der Waals surface area contributed by atoms with Gasteiger partial charge in [0.1, 0.15) is 5.82 Å². The first-order valence-electron chi connectivity index (χ1n) is 12.3. The molecule has 2 N–H and O–H groups in total.